The molecule has 0 bridgehead atoms. The van der Waals surface area contributed by atoms with Gasteiger partial charge in [-0.15, -0.1) is 0 Å². The van der Waals surface area contributed by atoms with Crippen molar-refractivity contribution in [2.45, 2.75) is 64.1 Å². The maximum atomic E-state index is 11.5. The zero-order valence-corrected chi connectivity index (χ0v) is 10.9. The molecule has 0 aromatic heterocycles. The minimum absolute atomic E-state index is 0.0487. The third-order valence-corrected chi connectivity index (χ3v) is 3.98. The maximum absolute atomic E-state index is 11.5. The molecule has 0 spiro atoms. The van der Waals surface area contributed by atoms with Gasteiger partial charge >= 0.3 is 0 Å². The van der Waals surface area contributed by atoms with Crippen LogP contribution < -0.4 is 5.06 Å². The van der Waals surface area contributed by atoms with Crippen LogP contribution in [0, 0.1) is 0 Å². The Morgan fingerprint density at radius 1 is 1.12 bits per heavy atom. The zero-order valence-electron chi connectivity index (χ0n) is 10.9. The predicted octanol–water partition coefficient (Wildman–Crippen LogP) is -0.261. The van der Waals surface area contributed by atoms with E-state index in [-0.39, 0.29) is 35.4 Å². The lowest BCUT2D eigenvalue weighted by atomic mass is 9.77. The van der Waals surface area contributed by atoms with Crippen LogP contribution in [-0.4, -0.2) is 39.0 Å². The SMILES string of the molecule is CC1(C)CC(N2C(=O)CC2=O)CC(C)(C)[NH+]1O. The van der Waals surface area contributed by atoms with Crippen molar-refractivity contribution in [2.75, 3.05) is 0 Å². The smallest absolute Gasteiger partial charge is 0.238 e. The van der Waals surface area contributed by atoms with E-state index in [1.54, 1.807) is 0 Å². The van der Waals surface area contributed by atoms with Gasteiger partial charge in [-0.05, 0) is 27.7 Å². The van der Waals surface area contributed by atoms with Gasteiger partial charge in [0.2, 0.25) is 11.8 Å². The quantitative estimate of drug-likeness (QED) is 0.491. The van der Waals surface area contributed by atoms with Crippen molar-refractivity contribution in [1.29, 1.82) is 0 Å². The highest BCUT2D eigenvalue weighted by atomic mass is 16.5. The number of hydrogen-bond acceptors (Lipinski definition) is 3. The lowest BCUT2D eigenvalue weighted by Crippen LogP contribution is -3.25. The number of piperidine rings is 1. The topological polar surface area (TPSA) is 62.0 Å². The van der Waals surface area contributed by atoms with Gasteiger partial charge in [-0.2, -0.15) is 5.06 Å². The first-order valence-electron chi connectivity index (χ1n) is 6.07. The monoisotopic (exact) mass is 241 g/mol. The van der Waals surface area contributed by atoms with E-state index in [9.17, 15) is 14.8 Å². The Kier molecular flexibility index (Phi) is 2.60. The number of quaternary nitrogens is 1. The van der Waals surface area contributed by atoms with Gasteiger partial charge in [0, 0.05) is 12.8 Å². The van der Waals surface area contributed by atoms with E-state index in [0.29, 0.717) is 17.9 Å². The van der Waals surface area contributed by atoms with E-state index >= 15 is 0 Å². The summed E-state index contributed by atoms with van der Waals surface area (Å²) >= 11 is 0. The van der Waals surface area contributed by atoms with Gasteiger partial charge in [-0.3, -0.25) is 14.5 Å². The minimum Gasteiger partial charge on any atom is -0.278 e. The highest BCUT2D eigenvalue weighted by Gasteiger charge is 2.54. The third kappa shape index (κ3) is 1.87. The van der Waals surface area contributed by atoms with Gasteiger partial charge in [0.1, 0.15) is 17.5 Å². The molecular weight excluding hydrogens is 220 g/mol. The number of β-lactam (4-membered cyclic amide) rings is 2. The van der Waals surface area contributed by atoms with Crippen LogP contribution in [0.3, 0.4) is 0 Å². The van der Waals surface area contributed by atoms with E-state index in [1.165, 1.54) is 4.90 Å². The Bertz CT molecular complexity index is 344. The summed E-state index contributed by atoms with van der Waals surface area (Å²) in [5.74, 6) is -0.152. The minimum atomic E-state index is -0.345. The number of likely N-dealkylation sites (tertiary alicyclic amines) is 1. The number of rotatable bonds is 1. The Hall–Kier alpha value is -0.940. The molecule has 0 atom stereocenters. The van der Waals surface area contributed by atoms with E-state index in [2.05, 4.69) is 0 Å². The maximum Gasteiger partial charge on any atom is 0.238 e. The van der Waals surface area contributed by atoms with Gasteiger partial charge in [-0.25, -0.2) is 5.21 Å². The van der Waals surface area contributed by atoms with Crippen molar-refractivity contribution in [1.82, 2.24) is 4.90 Å². The summed E-state index contributed by atoms with van der Waals surface area (Å²) in [7, 11) is 0. The molecule has 17 heavy (non-hydrogen) atoms. The summed E-state index contributed by atoms with van der Waals surface area (Å²) in [4.78, 5) is 24.3. The Labute approximate surface area is 101 Å². The molecule has 0 unspecified atom stereocenters. The molecule has 2 N–H and O–H groups in total. The molecule has 2 amide bonds. The lowest BCUT2D eigenvalue weighted by molar-refractivity contribution is -1.16. The molecule has 2 aliphatic heterocycles. The molecule has 5 nitrogen and oxygen atoms in total. The van der Waals surface area contributed by atoms with Crippen LogP contribution in [-0.2, 0) is 9.59 Å². The van der Waals surface area contributed by atoms with Crippen molar-refractivity contribution < 1.29 is 19.9 Å². The van der Waals surface area contributed by atoms with Gasteiger partial charge in [0.15, 0.2) is 0 Å². The van der Waals surface area contributed by atoms with Crippen LogP contribution in [0.25, 0.3) is 0 Å². The molecule has 0 aromatic rings. The van der Waals surface area contributed by atoms with E-state index < -0.39 is 0 Å². The fourth-order valence-corrected chi connectivity index (χ4v) is 3.30. The van der Waals surface area contributed by atoms with Gasteiger partial charge in [-0.1, -0.05) is 0 Å². The normalized spacial score (nSPS) is 35.7. The Balaban J connectivity index is 2.22. The highest BCUT2D eigenvalue weighted by molar-refractivity contribution is 6.15. The van der Waals surface area contributed by atoms with Gasteiger partial charge in [0.25, 0.3) is 0 Å². The number of imide groups is 1. The van der Waals surface area contributed by atoms with Crippen LogP contribution >= 0.6 is 0 Å². The van der Waals surface area contributed by atoms with Crippen LogP contribution in [0.2, 0.25) is 0 Å². The first-order chi connectivity index (χ1) is 7.65. The number of carbonyl (C=O) groups excluding carboxylic acids is 2. The van der Waals surface area contributed by atoms with E-state index in [0.717, 1.165) is 0 Å². The summed E-state index contributed by atoms with van der Waals surface area (Å²) in [5, 5.41) is 10.7. The van der Waals surface area contributed by atoms with Crippen LogP contribution in [0.4, 0.5) is 0 Å². The summed E-state index contributed by atoms with van der Waals surface area (Å²) in [6.45, 7) is 7.85. The first-order valence-corrected chi connectivity index (χ1v) is 6.07. The summed E-state index contributed by atoms with van der Waals surface area (Å²) < 4.78 is 0. The van der Waals surface area contributed by atoms with Gasteiger partial charge < -0.3 is 0 Å². The molecule has 2 aliphatic rings. The second-order valence-corrected chi connectivity index (χ2v) is 6.51. The fourth-order valence-electron chi connectivity index (χ4n) is 3.30. The van der Waals surface area contributed by atoms with Crippen LogP contribution in [0.15, 0.2) is 0 Å². The molecule has 5 heteroatoms. The highest BCUT2D eigenvalue weighted by Crippen LogP contribution is 2.30. The second-order valence-electron chi connectivity index (χ2n) is 6.51. The molecule has 96 valence electrons. The predicted molar refractivity (Wildman–Crippen MR) is 60.4 cm³/mol. The molecule has 2 fully saturated rings. The third-order valence-electron chi connectivity index (χ3n) is 3.98. The lowest BCUT2D eigenvalue weighted by Gasteiger charge is -2.50. The fraction of sp³-hybridized carbons (Fsp3) is 0.833. The Morgan fingerprint density at radius 2 is 1.53 bits per heavy atom. The largest absolute Gasteiger partial charge is 0.278 e. The molecule has 0 radical (unpaired) electrons. The van der Waals surface area contributed by atoms with E-state index in [4.69, 9.17) is 0 Å². The van der Waals surface area contributed by atoms with Crippen LogP contribution in [0.1, 0.15) is 47.0 Å². The average Bonchev–Trinajstić information content (AvgIpc) is 2.12. The van der Waals surface area contributed by atoms with Crippen molar-refractivity contribution in [3.8, 4) is 0 Å². The molecule has 0 aliphatic carbocycles. The molecular formula is C12H21N2O3+. The van der Waals surface area contributed by atoms with Crippen molar-refractivity contribution in [3.05, 3.63) is 0 Å². The summed E-state index contributed by atoms with van der Waals surface area (Å²) in [6.07, 6.45) is 1.35. The number of hydroxylamine groups is 2. The first kappa shape index (κ1) is 12.5. The summed E-state index contributed by atoms with van der Waals surface area (Å²) in [5.41, 5.74) is -0.689. The van der Waals surface area contributed by atoms with Crippen LogP contribution in [0.5, 0.6) is 0 Å². The number of hydrogen-bond donors (Lipinski definition) is 2. The molecule has 2 saturated heterocycles. The summed E-state index contributed by atoms with van der Waals surface area (Å²) in [6, 6.07) is -0.0651. The van der Waals surface area contributed by atoms with Gasteiger partial charge in [0.05, 0.1) is 6.04 Å². The second kappa shape index (κ2) is 3.53. The number of nitrogens with one attached hydrogen (secondary N) is 1. The number of amides is 2. The molecule has 2 rings (SSSR count). The standard InChI is InChI=1S/C12H20N2O3/c1-11(2)6-8(7-12(3,4)14(11)17)13-9(15)5-10(13)16/h8,17H,5-7H2,1-4H3/p+1. The zero-order chi connectivity index (χ0) is 13.0. The van der Waals surface area contributed by atoms with Crippen molar-refractivity contribution in [3.63, 3.8) is 0 Å². The molecule has 2 heterocycles. The molecule has 0 saturated carbocycles. The Morgan fingerprint density at radius 3 is 1.88 bits per heavy atom. The number of carbonyl (C=O) groups is 2. The van der Waals surface area contributed by atoms with Crippen molar-refractivity contribution in [2.24, 2.45) is 0 Å². The average molecular weight is 241 g/mol. The number of nitrogens with zero attached hydrogens (tertiary/aromatic N) is 1. The molecule has 0 aromatic carbocycles. The van der Waals surface area contributed by atoms with Crippen molar-refractivity contribution >= 4 is 11.8 Å². The van der Waals surface area contributed by atoms with E-state index in [1.807, 2.05) is 27.7 Å².